The molecule has 29 heavy (non-hydrogen) atoms. The zero-order valence-electron chi connectivity index (χ0n) is 16.7. The van der Waals surface area contributed by atoms with Gasteiger partial charge in [0.2, 0.25) is 0 Å². The number of benzene rings is 2. The highest BCUT2D eigenvalue weighted by molar-refractivity contribution is 7.92. The van der Waals surface area contributed by atoms with Gasteiger partial charge in [0, 0.05) is 13.1 Å². The molecule has 0 atom stereocenters. The summed E-state index contributed by atoms with van der Waals surface area (Å²) < 4.78 is 39.3. The summed E-state index contributed by atoms with van der Waals surface area (Å²) in [6.07, 6.45) is 2.99. The van der Waals surface area contributed by atoms with Crippen LogP contribution in [0.25, 0.3) is 0 Å². The molecule has 0 unspecified atom stereocenters. The number of sulfonamides is 1. The second-order valence-corrected chi connectivity index (χ2v) is 8.43. The first-order chi connectivity index (χ1) is 14.0. The van der Waals surface area contributed by atoms with Gasteiger partial charge in [0.05, 0.1) is 29.9 Å². The molecule has 0 saturated carbocycles. The quantitative estimate of drug-likeness (QED) is 0.744. The van der Waals surface area contributed by atoms with Crippen LogP contribution in [0.2, 0.25) is 0 Å². The van der Waals surface area contributed by atoms with Crippen molar-refractivity contribution >= 4 is 21.6 Å². The Morgan fingerprint density at radius 2 is 1.79 bits per heavy atom. The SMILES string of the molecule is CCOc1ccccc1NS(=O)(=O)c1ccc(OC)c(C(=O)N2CCCCC2)c1. The predicted octanol–water partition coefficient (Wildman–Crippen LogP) is 3.52. The van der Waals surface area contributed by atoms with Gasteiger partial charge in [-0.15, -0.1) is 0 Å². The molecule has 1 fully saturated rings. The van der Waals surface area contributed by atoms with E-state index in [0.29, 0.717) is 36.9 Å². The molecule has 2 aromatic rings. The van der Waals surface area contributed by atoms with Gasteiger partial charge < -0.3 is 14.4 Å². The van der Waals surface area contributed by atoms with Gasteiger partial charge in [0.15, 0.2) is 0 Å². The summed E-state index contributed by atoms with van der Waals surface area (Å²) in [4.78, 5) is 14.7. The Balaban J connectivity index is 1.93. The Morgan fingerprint density at radius 1 is 1.07 bits per heavy atom. The van der Waals surface area contributed by atoms with Crippen molar-refractivity contribution < 1.29 is 22.7 Å². The highest BCUT2D eigenvalue weighted by atomic mass is 32.2. The van der Waals surface area contributed by atoms with Crippen LogP contribution in [-0.4, -0.2) is 46.0 Å². The third kappa shape index (κ3) is 4.82. The Morgan fingerprint density at radius 3 is 2.48 bits per heavy atom. The van der Waals surface area contributed by atoms with E-state index in [1.807, 2.05) is 6.92 Å². The lowest BCUT2D eigenvalue weighted by atomic mass is 10.1. The highest BCUT2D eigenvalue weighted by Crippen LogP contribution is 2.29. The van der Waals surface area contributed by atoms with Gasteiger partial charge in [-0.1, -0.05) is 12.1 Å². The summed E-state index contributed by atoms with van der Waals surface area (Å²) >= 11 is 0. The first-order valence-electron chi connectivity index (χ1n) is 9.68. The van der Waals surface area contributed by atoms with E-state index in [2.05, 4.69) is 4.72 Å². The van der Waals surface area contributed by atoms with Crippen LogP contribution in [0, 0.1) is 0 Å². The molecule has 0 bridgehead atoms. The Hall–Kier alpha value is -2.74. The van der Waals surface area contributed by atoms with Gasteiger partial charge in [-0.05, 0) is 56.5 Å². The number of ether oxygens (including phenoxy) is 2. The molecule has 1 aliphatic heterocycles. The number of likely N-dealkylation sites (tertiary alicyclic amines) is 1. The molecule has 2 aromatic carbocycles. The van der Waals surface area contributed by atoms with Crippen LogP contribution in [0.5, 0.6) is 11.5 Å². The molecular weight excluding hydrogens is 392 g/mol. The van der Waals surface area contributed by atoms with Crippen LogP contribution in [-0.2, 0) is 10.0 Å². The fourth-order valence-electron chi connectivity index (χ4n) is 3.32. The van der Waals surface area contributed by atoms with Crippen LogP contribution in [0.1, 0.15) is 36.5 Å². The van der Waals surface area contributed by atoms with Crippen LogP contribution >= 0.6 is 0 Å². The van der Waals surface area contributed by atoms with Crippen molar-refractivity contribution in [3.8, 4) is 11.5 Å². The monoisotopic (exact) mass is 418 g/mol. The topological polar surface area (TPSA) is 84.9 Å². The predicted molar refractivity (Wildman–Crippen MR) is 111 cm³/mol. The lowest BCUT2D eigenvalue weighted by Gasteiger charge is -2.27. The number of rotatable bonds is 7. The third-order valence-corrected chi connectivity index (χ3v) is 6.15. The van der Waals surface area contributed by atoms with E-state index in [1.54, 1.807) is 29.2 Å². The molecule has 1 amide bonds. The minimum atomic E-state index is -3.92. The molecule has 0 aliphatic carbocycles. The summed E-state index contributed by atoms with van der Waals surface area (Å²) in [5, 5.41) is 0. The van der Waals surface area contributed by atoms with Crippen molar-refractivity contribution in [1.82, 2.24) is 4.90 Å². The normalized spacial score (nSPS) is 14.3. The molecule has 1 aliphatic rings. The number of amides is 1. The summed E-state index contributed by atoms with van der Waals surface area (Å²) in [5.41, 5.74) is 0.587. The first-order valence-corrected chi connectivity index (χ1v) is 11.2. The van der Waals surface area contributed by atoms with Gasteiger partial charge in [0.25, 0.3) is 15.9 Å². The van der Waals surface area contributed by atoms with E-state index in [4.69, 9.17) is 9.47 Å². The van der Waals surface area contributed by atoms with Crippen molar-refractivity contribution in [1.29, 1.82) is 0 Å². The minimum absolute atomic E-state index is 0.00930. The van der Waals surface area contributed by atoms with Gasteiger partial charge in [0.1, 0.15) is 11.5 Å². The number of para-hydroxylation sites is 2. The molecule has 0 spiro atoms. The fraction of sp³-hybridized carbons (Fsp3) is 0.381. The Labute approximate surface area is 171 Å². The van der Waals surface area contributed by atoms with Crippen molar-refractivity contribution in [2.75, 3.05) is 31.5 Å². The molecule has 8 heteroatoms. The van der Waals surface area contributed by atoms with Gasteiger partial charge in [-0.2, -0.15) is 0 Å². The summed E-state index contributed by atoms with van der Waals surface area (Å²) in [5.74, 6) is 0.583. The molecule has 7 nitrogen and oxygen atoms in total. The number of carbonyl (C=O) groups excluding carboxylic acids is 1. The number of nitrogens with one attached hydrogen (secondary N) is 1. The smallest absolute Gasteiger partial charge is 0.262 e. The van der Waals surface area contributed by atoms with Crippen molar-refractivity contribution in [3.63, 3.8) is 0 Å². The lowest BCUT2D eigenvalue weighted by molar-refractivity contribution is 0.0720. The van der Waals surface area contributed by atoms with Gasteiger partial charge >= 0.3 is 0 Å². The Kier molecular flexibility index (Phi) is 6.64. The molecular formula is C21H26N2O5S. The number of carbonyl (C=O) groups is 1. The second kappa shape index (κ2) is 9.17. The summed E-state index contributed by atoms with van der Waals surface area (Å²) in [6.45, 7) is 3.57. The van der Waals surface area contributed by atoms with Gasteiger partial charge in [-0.3, -0.25) is 9.52 Å². The van der Waals surface area contributed by atoms with E-state index in [9.17, 15) is 13.2 Å². The average molecular weight is 419 g/mol. The third-order valence-electron chi connectivity index (χ3n) is 4.79. The molecule has 1 saturated heterocycles. The number of hydrogen-bond donors (Lipinski definition) is 1. The molecule has 0 aromatic heterocycles. The van der Waals surface area contributed by atoms with Crippen molar-refractivity contribution in [3.05, 3.63) is 48.0 Å². The highest BCUT2D eigenvalue weighted by Gasteiger charge is 2.25. The molecule has 0 radical (unpaired) electrons. The maximum absolute atomic E-state index is 13.0. The standard InChI is InChI=1S/C21H26N2O5S/c1-3-28-20-10-6-5-9-18(20)22-29(25,26)16-11-12-19(27-2)17(15-16)21(24)23-13-7-4-8-14-23/h5-6,9-12,15,22H,3-4,7-8,13-14H2,1-2H3. The van der Waals surface area contributed by atoms with E-state index >= 15 is 0 Å². The number of piperidine rings is 1. The minimum Gasteiger partial charge on any atom is -0.496 e. The zero-order valence-corrected chi connectivity index (χ0v) is 17.5. The van der Waals surface area contributed by atoms with E-state index in [-0.39, 0.29) is 16.4 Å². The average Bonchev–Trinajstić information content (AvgIpc) is 2.74. The summed E-state index contributed by atoms with van der Waals surface area (Å²) in [7, 11) is -2.46. The summed E-state index contributed by atoms with van der Waals surface area (Å²) in [6, 6.07) is 11.1. The number of hydrogen-bond acceptors (Lipinski definition) is 5. The van der Waals surface area contributed by atoms with Crippen LogP contribution in [0.4, 0.5) is 5.69 Å². The van der Waals surface area contributed by atoms with Crippen molar-refractivity contribution in [2.45, 2.75) is 31.1 Å². The first kappa shape index (κ1) is 21.0. The zero-order chi connectivity index (χ0) is 20.9. The maximum atomic E-state index is 13.0. The fourth-order valence-corrected chi connectivity index (χ4v) is 4.42. The maximum Gasteiger partial charge on any atom is 0.262 e. The number of anilines is 1. The lowest BCUT2D eigenvalue weighted by Crippen LogP contribution is -2.35. The Bertz CT molecular complexity index is 969. The molecule has 1 N–H and O–H groups in total. The number of methoxy groups -OCH3 is 1. The van der Waals surface area contributed by atoms with E-state index < -0.39 is 10.0 Å². The molecule has 3 rings (SSSR count). The van der Waals surface area contributed by atoms with Crippen LogP contribution in [0.3, 0.4) is 0 Å². The number of nitrogens with zero attached hydrogens (tertiary/aromatic N) is 1. The van der Waals surface area contributed by atoms with E-state index in [0.717, 1.165) is 19.3 Å². The van der Waals surface area contributed by atoms with Crippen molar-refractivity contribution in [2.24, 2.45) is 0 Å². The van der Waals surface area contributed by atoms with E-state index in [1.165, 1.54) is 25.3 Å². The van der Waals surface area contributed by atoms with Gasteiger partial charge in [-0.25, -0.2) is 8.42 Å². The van der Waals surface area contributed by atoms with Crippen LogP contribution < -0.4 is 14.2 Å². The largest absolute Gasteiger partial charge is 0.496 e. The second-order valence-electron chi connectivity index (χ2n) is 6.75. The molecule has 1 heterocycles. The van der Waals surface area contributed by atoms with Crippen LogP contribution in [0.15, 0.2) is 47.4 Å². The molecule has 156 valence electrons.